The average molecular weight is 385 g/mol. The molecule has 2 aliphatic heterocycles. The monoisotopic (exact) mass is 385 g/mol. The lowest BCUT2D eigenvalue weighted by molar-refractivity contribution is -0.147. The van der Waals surface area contributed by atoms with Crippen molar-refractivity contribution in [1.29, 1.82) is 0 Å². The van der Waals surface area contributed by atoms with E-state index in [1.807, 2.05) is 0 Å². The van der Waals surface area contributed by atoms with Crippen molar-refractivity contribution in [2.24, 2.45) is 0 Å². The quantitative estimate of drug-likeness (QED) is 0.817. The summed E-state index contributed by atoms with van der Waals surface area (Å²) in [4.78, 5) is 53.2. The number of carbonyl (C=O) groups excluding carboxylic acids is 3. The van der Waals surface area contributed by atoms with E-state index in [2.05, 4.69) is 5.32 Å². The molecule has 1 saturated carbocycles. The van der Waals surface area contributed by atoms with Crippen LogP contribution in [0.3, 0.4) is 0 Å². The summed E-state index contributed by atoms with van der Waals surface area (Å²) >= 11 is 0. The molecule has 1 atom stereocenters. The van der Waals surface area contributed by atoms with E-state index in [-0.39, 0.29) is 24.8 Å². The Balaban J connectivity index is 1.64. The summed E-state index contributed by atoms with van der Waals surface area (Å²) in [6, 6.07) is 6.88. The molecule has 8 heteroatoms. The minimum atomic E-state index is -1.26. The normalized spacial score (nSPS) is 25.5. The highest BCUT2D eigenvalue weighted by Crippen LogP contribution is 2.43. The predicted octanol–water partition coefficient (Wildman–Crippen LogP) is 1.50. The Morgan fingerprint density at radius 3 is 2.50 bits per heavy atom. The molecule has 3 amide bonds. The lowest BCUT2D eigenvalue weighted by Gasteiger charge is -2.48. The molecule has 3 aliphatic rings. The van der Waals surface area contributed by atoms with Crippen LogP contribution in [0.15, 0.2) is 24.3 Å². The van der Waals surface area contributed by atoms with Crippen LogP contribution in [-0.2, 0) is 14.4 Å². The molecule has 8 nitrogen and oxygen atoms in total. The van der Waals surface area contributed by atoms with Crippen LogP contribution in [0.25, 0.3) is 0 Å². The van der Waals surface area contributed by atoms with E-state index in [1.165, 1.54) is 4.90 Å². The average Bonchev–Trinajstić information content (AvgIpc) is 3.25. The molecule has 148 valence electrons. The number of carbonyl (C=O) groups is 4. The molecular formula is C20H23N3O5. The molecule has 1 aliphatic carbocycles. The van der Waals surface area contributed by atoms with Crippen LogP contribution in [0, 0.1) is 0 Å². The number of fused-ring (bicyclic) bond motifs is 3. The Hall–Kier alpha value is -2.90. The zero-order valence-electron chi connectivity index (χ0n) is 15.7. The first kappa shape index (κ1) is 18.5. The van der Waals surface area contributed by atoms with Crippen LogP contribution in [-0.4, -0.2) is 51.4 Å². The molecular weight excluding hydrogens is 362 g/mol. The van der Waals surface area contributed by atoms with E-state index in [0.29, 0.717) is 30.5 Å². The number of rotatable bonds is 4. The van der Waals surface area contributed by atoms with Gasteiger partial charge in [0.15, 0.2) is 0 Å². The second-order valence-electron chi connectivity index (χ2n) is 8.00. The van der Waals surface area contributed by atoms with Crippen molar-refractivity contribution in [3.63, 3.8) is 0 Å². The molecule has 0 radical (unpaired) electrons. The molecule has 0 aromatic heterocycles. The fraction of sp³-hybridized carbons (Fsp3) is 0.500. The number of nitrogens with zero attached hydrogens (tertiary/aromatic N) is 2. The Kier molecular flexibility index (Phi) is 4.17. The zero-order valence-corrected chi connectivity index (χ0v) is 15.7. The van der Waals surface area contributed by atoms with Crippen LogP contribution in [0.5, 0.6) is 0 Å². The van der Waals surface area contributed by atoms with Crippen LogP contribution in [0.4, 0.5) is 5.69 Å². The highest BCUT2D eigenvalue weighted by Gasteiger charge is 2.54. The summed E-state index contributed by atoms with van der Waals surface area (Å²) in [5.41, 5.74) is -1.27. The molecule has 2 heterocycles. The molecule has 4 rings (SSSR count). The fourth-order valence-electron chi connectivity index (χ4n) is 4.76. The summed E-state index contributed by atoms with van der Waals surface area (Å²) in [6.07, 6.45) is 2.95. The van der Waals surface area contributed by atoms with Gasteiger partial charge in [-0.2, -0.15) is 0 Å². The van der Waals surface area contributed by atoms with E-state index in [4.69, 9.17) is 0 Å². The van der Waals surface area contributed by atoms with Crippen molar-refractivity contribution in [3.05, 3.63) is 29.8 Å². The summed E-state index contributed by atoms with van der Waals surface area (Å²) in [5.74, 6) is -1.98. The molecule has 0 spiro atoms. The Morgan fingerprint density at radius 1 is 1.14 bits per heavy atom. The maximum absolute atomic E-state index is 13.1. The maximum Gasteiger partial charge on any atom is 0.329 e. The number of nitrogens with one attached hydrogen (secondary N) is 1. The topological polar surface area (TPSA) is 107 Å². The van der Waals surface area contributed by atoms with Crippen LogP contribution < -0.4 is 10.2 Å². The van der Waals surface area contributed by atoms with Gasteiger partial charge < -0.3 is 15.3 Å². The Bertz CT molecular complexity index is 876. The minimum absolute atomic E-state index is 0.0920. The first-order chi connectivity index (χ1) is 13.3. The molecule has 2 N–H and O–H groups in total. The summed E-state index contributed by atoms with van der Waals surface area (Å²) in [7, 11) is 0. The number of carboxylic acids is 1. The van der Waals surface area contributed by atoms with Gasteiger partial charge in [-0.05, 0) is 38.3 Å². The zero-order chi connectivity index (χ0) is 20.1. The largest absolute Gasteiger partial charge is 0.480 e. The van der Waals surface area contributed by atoms with Gasteiger partial charge in [-0.1, -0.05) is 25.0 Å². The van der Waals surface area contributed by atoms with Crippen LogP contribution in [0.1, 0.15) is 55.8 Å². The number of carboxylic acid groups (broad SMARTS) is 1. The van der Waals surface area contributed by atoms with Gasteiger partial charge in [0.1, 0.15) is 17.7 Å². The van der Waals surface area contributed by atoms with Gasteiger partial charge >= 0.3 is 5.97 Å². The van der Waals surface area contributed by atoms with Gasteiger partial charge in [0.05, 0.1) is 11.3 Å². The lowest BCUT2D eigenvalue weighted by Crippen LogP contribution is -2.65. The van der Waals surface area contributed by atoms with Crippen molar-refractivity contribution >= 4 is 29.4 Å². The maximum atomic E-state index is 13.1. The smallest absolute Gasteiger partial charge is 0.329 e. The fourth-order valence-corrected chi connectivity index (χ4v) is 4.76. The number of hydrogen-bond donors (Lipinski definition) is 2. The van der Waals surface area contributed by atoms with E-state index >= 15 is 0 Å². The second kappa shape index (κ2) is 6.32. The number of para-hydroxylation sites is 1. The van der Waals surface area contributed by atoms with Crippen molar-refractivity contribution < 1.29 is 24.3 Å². The van der Waals surface area contributed by atoms with Gasteiger partial charge in [0.2, 0.25) is 11.8 Å². The van der Waals surface area contributed by atoms with Gasteiger partial charge in [-0.3, -0.25) is 19.3 Å². The van der Waals surface area contributed by atoms with E-state index in [1.54, 1.807) is 36.1 Å². The molecule has 1 saturated heterocycles. The van der Waals surface area contributed by atoms with Crippen molar-refractivity contribution in [3.8, 4) is 0 Å². The molecule has 1 aromatic carbocycles. The summed E-state index contributed by atoms with van der Waals surface area (Å²) in [6.45, 7) is 1.49. The second-order valence-corrected chi connectivity index (χ2v) is 8.00. The number of amides is 3. The molecule has 2 fully saturated rings. The van der Waals surface area contributed by atoms with E-state index in [0.717, 1.165) is 12.8 Å². The standard InChI is InChI=1S/C20H23N3O5/c1-19-11-8-16(25)23(19)14-7-3-2-6-13(14)17(26)22(19)12-15(24)21-20(18(27)28)9-4-5-10-20/h2-3,6-7H,4-5,8-12H2,1H3,(H,21,24)(H,27,28). The molecule has 1 aromatic rings. The van der Waals surface area contributed by atoms with Gasteiger partial charge in [-0.15, -0.1) is 0 Å². The number of benzene rings is 1. The summed E-state index contributed by atoms with van der Waals surface area (Å²) < 4.78 is 0. The van der Waals surface area contributed by atoms with Crippen molar-refractivity contribution in [2.45, 2.75) is 56.7 Å². The van der Waals surface area contributed by atoms with Gasteiger partial charge in [0.25, 0.3) is 5.91 Å². The predicted molar refractivity (Wildman–Crippen MR) is 99.6 cm³/mol. The first-order valence-electron chi connectivity index (χ1n) is 9.57. The molecule has 28 heavy (non-hydrogen) atoms. The third-order valence-electron chi connectivity index (χ3n) is 6.29. The van der Waals surface area contributed by atoms with E-state index < -0.39 is 23.1 Å². The summed E-state index contributed by atoms with van der Waals surface area (Å²) in [5, 5.41) is 12.2. The molecule has 0 bridgehead atoms. The van der Waals surface area contributed by atoms with E-state index in [9.17, 15) is 24.3 Å². The molecule has 1 unspecified atom stereocenters. The van der Waals surface area contributed by atoms with Crippen LogP contribution in [0.2, 0.25) is 0 Å². The highest BCUT2D eigenvalue weighted by molar-refractivity contribution is 6.11. The number of hydrogen-bond acceptors (Lipinski definition) is 4. The number of aliphatic carboxylic acids is 1. The minimum Gasteiger partial charge on any atom is -0.480 e. The lowest BCUT2D eigenvalue weighted by atomic mass is 9.96. The SMILES string of the molecule is CC12CCC(=O)N1c1ccccc1C(=O)N2CC(=O)NC1(C(=O)O)CCCC1. The van der Waals surface area contributed by atoms with Gasteiger partial charge in [-0.25, -0.2) is 4.79 Å². The number of anilines is 1. The van der Waals surface area contributed by atoms with Crippen LogP contribution >= 0.6 is 0 Å². The highest BCUT2D eigenvalue weighted by atomic mass is 16.4. The first-order valence-corrected chi connectivity index (χ1v) is 9.57. The van der Waals surface area contributed by atoms with Crippen molar-refractivity contribution in [1.82, 2.24) is 10.2 Å². The van der Waals surface area contributed by atoms with Crippen molar-refractivity contribution in [2.75, 3.05) is 11.4 Å². The Morgan fingerprint density at radius 2 is 1.82 bits per heavy atom. The Labute approximate surface area is 162 Å². The van der Waals surface area contributed by atoms with Gasteiger partial charge in [0, 0.05) is 6.42 Å². The third kappa shape index (κ3) is 2.58. The third-order valence-corrected chi connectivity index (χ3v) is 6.29.